The van der Waals surface area contributed by atoms with Gasteiger partial charge in [-0.2, -0.15) is 0 Å². The van der Waals surface area contributed by atoms with Gasteiger partial charge in [0.1, 0.15) is 12.4 Å². The quantitative estimate of drug-likeness (QED) is 0.210. The zero-order chi connectivity index (χ0) is 25.2. The number of benzene rings is 4. The fourth-order valence-electron chi connectivity index (χ4n) is 5.44. The highest BCUT2D eigenvalue weighted by Crippen LogP contribution is 2.50. The normalized spacial score (nSPS) is 19.9. The zero-order valence-electron chi connectivity index (χ0n) is 20.8. The molecule has 1 N–H and O–H groups in total. The lowest BCUT2D eigenvalue weighted by Gasteiger charge is -2.37. The van der Waals surface area contributed by atoms with Gasteiger partial charge in [0.05, 0.1) is 11.7 Å². The lowest BCUT2D eigenvalue weighted by molar-refractivity contribution is 0.306. The van der Waals surface area contributed by atoms with E-state index in [1.165, 1.54) is 22.4 Å². The van der Waals surface area contributed by atoms with E-state index < -0.39 is 0 Å². The maximum atomic E-state index is 6.28. The van der Waals surface area contributed by atoms with Gasteiger partial charge in [0.15, 0.2) is 0 Å². The lowest BCUT2D eigenvalue weighted by Crippen LogP contribution is -2.29. The SMILES string of the molecule is Cc1ccc2c(c1)[C@@H]1C=CC[C@@H]1[C@H](c1ccc(N=Cc3cc(Cl)ccc3OCc3ccccc3)cc1)N2. The number of nitrogens with zero attached hydrogens (tertiary/aromatic N) is 1. The summed E-state index contributed by atoms with van der Waals surface area (Å²) < 4.78 is 6.08. The number of aliphatic imine (C=N–C) groups is 1. The van der Waals surface area contributed by atoms with Crippen molar-refractivity contribution in [1.29, 1.82) is 0 Å². The molecule has 6 rings (SSSR count). The van der Waals surface area contributed by atoms with Crippen molar-refractivity contribution in [2.24, 2.45) is 10.9 Å². The predicted molar refractivity (Wildman–Crippen MR) is 153 cm³/mol. The van der Waals surface area contributed by atoms with E-state index in [0.29, 0.717) is 23.5 Å². The third kappa shape index (κ3) is 5.05. The minimum Gasteiger partial charge on any atom is -0.488 e. The number of hydrogen-bond acceptors (Lipinski definition) is 3. The molecule has 1 heterocycles. The highest BCUT2D eigenvalue weighted by molar-refractivity contribution is 6.30. The fourth-order valence-corrected chi connectivity index (χ4v) is 5.62. The minimum atomic E-state index is 0.277. The summed E-state index contributed by atoms with van der Waals surface area (Å²) in [5.74, 6) is 1.75. The van der Waals surface area contributed by atoms with Crippen molar-refractivity contribution in [2.45, 2.75) is 31.9 Å². The van der Waals surface area contributed by atoms with Crippen LogP contribution in [-0.4, -0.2) is 6.21 Å². The topological polar surface area (TPSA) is 33.6 Å². The van der Waals surface area contributed by atoms with Gasteiger partial charge in [0.25, 0.3) is 0 Å². The summed E-state index contributed by atoms with van der Waals surface area (Å²) in [6.07, 6.45) is 7.64. The summed E-state index contributed by atoms with van der Waals surface area (Å²) in [5.41, 5.74) is 8.13. The van der Waals surface area contributed by atoms with Crippen molar-refractivity contribution in [3.63, 3.8) is 0 Å². The minimum absolute atomic E-state index is 0.277. The molecule has 0 amide bonds. The molecule has 1 aliphatic heterocycles. The Labute approximate surface area is 223 Å². The van der Waals surface area contributed by atoms with Gasteiger partial charge in [-0.3, -0.25) is 4.99 Å². The Bertz CT molecular complexity index is 1460. The van der Waals surface area contributed by atoms with E-state index in [-0.39, 0.29) is 6.04 Å². The zero-order valence-corrected chi connectivity index (χ0v) is 21.5. The Balaban J connectivity index is 1.20. The second kappa shape index (κ2) is 10.3. The molecule has 0 fully saturated rings. The van der Waals surface area contributed by atoms with Crippen LogP contribution in [0.25, 0.3) is 0 Å². The van der Waals surface area contributed by atoms with Crippen molar-refractivity contribution < 1.29 is 4.74 Å². The Morgan fingerprint density at radius 3 is 2.65 bits per heavy atom. The van der Waals surface area contributed by atoms with E-state index in [0.717, 1.165) is 29.0 Å². The molecule has 0 unspecified atom stereocenters. The molecule has 0 saturated carbocycles. The highest BCUT2D eigenvalue weighted by atomic mass is 35.5. The van der Waals surface area contributed by atoms with Gasteiger partial charge in [-0.25, -0.2) is 0 Å². The van der Waals surface area contributed by atoms with Gasteiger partial charge in [0.2, 0.25) is 0 Å². The molecule has 1 aliphatic carbocycles. The molecule has 0 radical (unpaired) electrons. The maximum absolute atomic E-state index is 6.28. The van der Waals surface area contributed by atoms with Gasteiger partial charge in [-0.1, -0.05) is 83.9 Å². The van der Waals surface area contributed by atoms with Crippen LogP contribution in [0.5, 0.6) is 5.75 Å². The Morgan fingerprint density at radius 2 is 1.81 bits per heavy atom. The van der Waals surface area contributed by atoms with Gasteiger partial charge in [-0.15, -0.1) is 0 Å². The first-order chi connectivity index (χ1) is 18.1. The molecule has 0 bridgehead atoms. The van der Waals surface area contributed by atoms with E-state index in [9.17, 15) is 0 Å². The number of aryl methyl sites for hydroxylation is 1. The molecule has 0 aromatic heterocycles. The number of nitrogens with one attached hydrogen (secondary N) is 1. The second-order valence-electron chi connectivity index (χ2n) is 9.87. The van der Waals surface area contributed by atoms with Gasteiger partial charge >= 0.3 is 0 Å². The molecular formula is C33H29ClN2O. The summed E-state index contributed by atoms with van der Waals surface area (Å²) in [7, 11) is 0. The maximum Gasteiger partial charge on any atom is 0.128 e. The molecule has 0 spiro atoms. The number of halogens is 1. The highest BCUT2D eigenvalue weighted by Gasteiger charge is 2.37. The first-order valence-electron chi connectivity index (χ1n) is 12.8. The third-order valence-corrected chi connectivity index (χ3v) is 7.57. The Hall–Kier alpha value is -3.82. The predicted octanol–water partition coefficient (Wildman–Crippen LogP) is 8.80. The van der Waals surface area contributed by atoms with Crippen LogP contribution in [0.2, 0.25) is 5.02 Å². The number of allylic oxidation sites excluding steroid dienone is 2. The van der Waals surface area contributed by atoms with Gasteiger partial charge in [-0.05, 0) is 72.4 Å². The number of hydrogen-bond donors (Lipinski definition) is 1. The van der Waals surface area contributed by atoms with Crippen LogP contribution in [-0.2, 0) is 6.61 Å². The lowest BCUT2D eigenvalue weighted by atomic mass is 9.76. The summed E-state index contributed by atoms with van der Waals surface area (Å²) in [5, 5.41) is 4.48. The molecule has 184 valence electrons. The monoisotopic (exact) mass is 504 g/mol. The van der Waals surface area contributed by atoms with Crippen LogP contribution in [0.4, 0.5) is 11.4 Å². The third-order valence-electron chi connectivity index (χ3n) is 7.33. The molecule has 3 atom stereocenters. The average molecular weight is 505 g/mol. The smallest absolute Gasteiger partial charge is 0.128 e. The number of rotatable bonds is 6. The molecule has 4 aromatic carbocycles. The summed E-state index contributed by atoms with van der Waals surface area (Å²) >= 11 is 6.28. The average Bonchev–Trinajstić information content (AvgIpc) is 3.42. The Kier molecular flexibility index (Phi) is 6.55. The van der Waals surface area contributed by atoms with Crippen molar-refractivity contribution >= 4 is 29.2 Å². The van der Waals surface area contributed by atoms with E-state index in [4.69, 9.17) is 21.3 Å². The van der Waals surface area contributed by atoms with Crippen molar-refractivity contribution in [3.8, 4) is 5.75 Å². The first-order valence-corrected chi connectivity index (χ1v) is 13.2. The van der Waals surface area contributed by atoms with E-state index >= 15 is 0 Å². The molecule has 4 aromatic rings. The summed E-state index contributed by atoms with van der Waals surface area (Å²) in [6.45, 7) is 2.66. The number of anilines is 1. The Morgan fingerprint density at radius 1 is 0.973 bits per heavy atom. The van der Waals surface area contributed by atoms with E-state index in [1.54, 1.807) is 0 Å². The van der Waals surface area contributed by atoms with E-state index in [1.807, 2.05) is 42.6 Å². The molecule has 37 heavy (non-hydrogen) atoms. The van der Waals surface area contributed by atoms with Crippen LogP contribution in [0, 0.1) is 12.8 Å². The first kappa shape index (κ1) is 23.6. The number of ether oxygens (including phenoxy) is 1. The molecule has 3 nitrogen and oxygen atoms in total. The van der Waals surface area contributed by atoms with Crippen LogP contribution >= 0.6 is 11.6 Å². The van der Waals surface area contributed by atoms with Crippen LogP contribution in [0.3, 0.4) is 0 Å². The van der Waals surface area contributed by atoms with Crippen LogP contribution < -0.4 is 10.1 Å². The van der Waals surface area contributed by atoms with Crippen molar-refractivity contribution in [1.82, 2.24) is 0 Å². The van der Waals surface area contributed by atoms with Crippen molar-refractivity contribution in [3.05, 3.63) is 136 Å². The van der Waals surface area contributed by atoms with Crippen LogP contribution in [0.15, 0.2) is 108 Å². The molecular weight excluding hydrogens is 476 g/mol. The standard InChI is InChI=1S/C33H29ClN2O/c1-22-10-16-31-30(18-22)28-8-5-9-29(28)33(36-31)24-11-14-27(15-12-24)35-20-25-19-26(34)13-17-32(25)37-21-23-6-3-2-4-7-23/h2-8,10-20,28-29,33,36H,9,21H2,1H3/t28-,29+,33+/m1/s1. The number of fused-ring (bicyclic) bond motifs is 3. The fraction of sp³-hybridized carbons (Fsp3) is 0.182. The molecule has 4 heteroatoms. The van der Waals surface area contributed by atoms with E-state index in [2.05, 4.69) is 79.0 Å². The second-order valence-corrected chi connectivity index (χ2v) is 10.3. The van der Waals surface area contributed by atoms with Gasteiger partial charge < -0.3 is 10.1 Å². The van der Waals surface area contributed by atoms with Gasteiger partial charge in [0, 0.05) is 28.4 Å². The molecule has 2 aliphatic rings. The molecule has 0 saturated heterocycles. The summed E-state index contributed by atoms with van der Waals surface area (Å²) in [6, 6.07) is 31.3. The van der Waals surface area contributed by atoms with Crippen LogP contribution in [0.1, 0.15) is 46.2 Å². The van der Waals surface area contributed by atoms with Crippen molar-refractivity contribution in [2.75, 3.05) is 5.32 Å². The largest absolute Gasteiger partial charge is 0.488 e. The summed E-state index contributed by atoms with van der Waals surface area (Å²) in [4.78, 5) is 4.74.